The van der Waals surface area contributed by atoms with Gasteiger partial charge in [-0.1, -0.05) is 19.3 Å². The van der Waals surface area contributed by atoms with Crippen LogP contribution in [0.1, 0.15) is 44.9 Å². The number of nitrogens with zero attached hydrogens (tertiary/aromatic N) is 1. The van der Waals surface area contributed by atoms with Crippen LogP contribution in [0, 0.1) is 0 Å². The quantitative estimate of drug-likeness (QED) is 0.783. The lowest BCUT2D eigenvalue weighted by atomic mass is 9.79. The summed E-state index contributed by atoms with van der Waals surface area (Å²) in [5.74, 6) is 2.58. The number of thioether (sulfide) groups is 1. The van der Waals surface area contributed by atoms with Crippen LogP contribution < -0.4 is 5.32 Å². The molecule has 0 radical (unpaired) electrons. The summed E-state index contributed by atoms with van der Waals surface area (Å²) < 4.78 is 5.21. The van der Waals surface area contributed by atoms with Crippen LogP contribution >= 0.6 is 11.8 Å². The van der Waals surface area contributed by atoms with Gasteiger partial charge in [0.15, 0.2) is 0 Å². The second-order valence-corrected chi connectivity index (χ2v) is 7.51. The first-order valence-electron chi connectivity index (χ1n) is 8.26. The summed E-state index contributed by atoms with van der Waals surface area (Å²) in [6.45, 7) is 1.37. The molecule has 1 amide bonds. The van der Waals surface area contributed by atoms with Crippen LogP contribution in [-0.2, 0) is 9.53 Å². The van der Waals surface area contributed by atoms with Gasteiger partial charge in [-0.25, -0.2) is 0 Å². The van der Waals surface area contributed by atoms with Crippen molar-refractivity contribution >= 4 is 17.7 Å². The van der Waals surface area contributed by atoms with Crippen LogP contribution in [0.4, 0.5) is 0 Å². The van der Waals surface area contributed by atoms with Gasteiger partial charge in [0.05, 0.1) is 6.61 Å². The molecule has 1 saturated heterocycles. The summed E-state index contributed by atoms with van der Waals surface area (Å²) >= 11 is 1.96. The Morgan fingerprint density at radius 3 is 2.71 bits per heavy atom. The average molecular weight is 314 g/mol. The highest BCUT2D eigenvalue weighted by Crippen LogP contribution is 2.32. The third-order valence-corrected chi connectivity index (χ3v) is 6.18. The molecule has 2 aliphatic rings. The number of carbonyl (C=O) groups excluding carboxylic acids is 1. The van der Waals surface area contributed by atoms with Crippen molar-refractivity contribution in [1.82, 2.24) is 10.2 Å². The maximum Gasteiger partial charge on any atom is 0.224 e. The third-order valence-electron chi connectivity index (χ3n) is 5.03. The fourth-order valence-electron chi connectivity index (χ4n) is 3.60. The highest BCUT2D eigenvalue weighted by molar-refractivity contribution is 7.99. The van der Waals surface area contributed by atoms with Crippen molar-refractivity contribution in [2.45, 2.75) is 56.5 Å². The first kappa shape index (κ1) is 17.1. The Hall–Kier alpha value is -0.260. The van der Waals surface area contributed by atoms with Crippen molar-refractivity contribution in [2.24, 2.45) is 0 Å². The van der Waals surface area contributed by atoms with Crippen molar-refractivity contribution in [2.75, 3.05) is 38.8 Å². The van der Waals surface area contributed by atoms with Crippen LogP contribution in [-0.4, -0.2) is 61.2 Å². The molecule has 1 atom stereocenters. The van der Waals surface area contributed by atoms with E-state index in [1.54, 1.807) is 7.11 Å². The molecule has 21 heavy (non-hydrogen) atoms. The molecular formula is C16H30N2O2S. The Balaban J connectivity index is 1.98. The lowest BCUT2D eigenvalue weighted by Crippen LogP contribution is -2.51. The number of nitrogens with one attached hydrogen (secondary N) is 1. The van der Waals surface area contributed by atoms with Crippen molar-refractivity contribution < 1.29 is 9.53 Å². The second kappa shape index (κ2) is 8.39. The van der Waals surface area contributed by atoms with Crippen molar-refractivity contribution in [1.29, 1.82) is 0 Å². The molecule has 0 aromatic heterocycles. The van der Waals surface area contributed by atoms with E-state index in [-0.39, 0.29) is 5.54 Å². The summed E-state index contributed by atoms with van der Waals surface area (Å²) in [6.07, 6.45) is 7.84. The van der Waals surface area contributed by atoms with Gasteiger partial charge in [-0.2, -0.15) is 11.8 Å². The minimum atomic E-state index is 0.0341. The van der Waals surface area contributed by atoms with Crippen LogP contribution in [0.5, 0.6) is 0 Å². The molecule has 5 heteroatoms. The average Bonchev–Trinajstić information content (AvgIpc) is 3.02. The summed E-state index contributed by atoms with van der Waals surface area (Å²) in [7, 11) is 3.73. The molecule has 1 N–H and O–H groups in total. The smallest absolute Gasteiger partial charge is 0.224 e. The number of rotatable bonds is 7. The van der Waals surface area contributed by atoms with E-state index < -0.39 is 0 Å². The van der Waals surface area contributed by atoms with Crippen molar-refractivity contribution in [3.63, 3.8) is 0 Å². The third kappa shape index (κ3) is 4.60. The van der Waals surface area contributed by atoms with Crippen molar-refractivity contribution in [3.8, 4) is 0 Å². The van der Waals surface area contributed by atoms with Crippen LogP contribution in [0.25, 0.3) is 0 Å². The number of ether oxygens (including phenoxy) is 1. The van der Waals surface area contributed by atoms with Crippen LogP contribution in [0.3, 0.4) is 0 Å². The number of hydrogen-bond acceptors (Lipinski definition) is 4. The van der Waals surface area contributed by atoms with Gasteiger partial charge < -0.3 is 15.0 Å². The number of carbonyl (C=O) groups is 1. The lowest BCUT2D eigenvalue weighted by Gasteiger charge is -2.39. The number of methoxy groups -OCH3 is 1. The van der Waals surface area contributed by atoms with Gasteiger partial charge in [-0.3, -0.25) is 4.79 Å². The van der Waals surface area contributed by atoms with E-state index in [1.807, 2.05) is 18.8 Å². The Morgan fingerprint density at radius 2 is 2.14 bits per heavy atom. The van der Waals surface area contributed by atoms with E-state index in [0.717, 1.165) is 31.6 Å². The first-order chi connectivity index (χ1) is 10.2. The summed E-state index contributed by atoms with van der Waals surface area (Å²) in [6, 6.07) is 0.412. The fourth-order valence-corrected chi connectivity index (χ4v) is 4.83. The molecular weight excluding hydrogens is 284 g/mol. The summed E-state index contributed by atoms with van der Waals surface area (Å²) in [4.78, 5) is 15.0. The Bertz CT molecular complexity index is 326. The van der Waals surface area contributed by atoms with Crippen LogP contribution in [0.15, 0.2) is 0 Å². The zero-order chi connectivity index (χ0) is 15.1. The number of hydrogen-bond donors (Lipinski definition) is 1. The molecule has 1 unspecified atom stereocenters. The molecule has 0 bridgehead atoms. The normalized spacial score (nSPS) is 25.0. The minimum Gasteiger partial charge on any atom is -0.383 e. The van der Waals surface area contributed by atoms with Gasteiger partial charge >= 0.3 is 0 Å². The Morgan fingerprint density at radius 1 is 1.38 bits per heavy atom. The molecule has 122 valence electrons. The Labute approximate surface area is 133 Å². The van der Waals surface area contributed by atoms with E-state index >= 15 is 0 Å². The fraction of sp³-hybridized carbons (Fsp3) is 0.938. The van der Waals surface area contributed by atoms with Crippen molar-refractivity contribution in [3.05, 3.63) is 0 Å². The van der Waals surface area contributed by atoms with E-state index in [1.165, 1.54) is 25.0 Å². The SMILES string of the molecule is CNC1(CC(=O)N(CCOC)C2CCSC2)CCCCC1. The second-order valence-electron chi connectivity index (χ2n) is 6.37. The van der Waals surface area contributed by atoms with E-state index in [2.05, 4.69) is 10.2 Å². The monoisotopic (exact) mass is 314 g/mol. The molecule has 1 aliphatic carbocycles. The standard InChI is InChI=1S/C16H30N2O2S/c1-17-16(7-4-3-5-8-16)12-15(19)18(9-10-20-2)14-6-11-21-13-14/h14,17H,3-13H2,1-2H3. The predicted octanol–water partition coefficient (Wildman–Crippen LogP) is 2.28. The molecule has 0 aromatic rings. The number of amides is 1. The maximum atomic E-state index is 12.9. The van der Waals surface area contributed by atoms with E-state index in [0.29, 0.717) is 25.0 Å². The van der Waals surface area contributed by atoms with Gasteiger partial charge in [-0.15, -0.1) is 0 Å². The molecule has 2 fully saturated rings. The van der Waals surface area contributed by atoms with Gasteiger partial charge in [0.2, 0.25) is 5.91 Å². The van der Waals surface area contributed by atoms with Gasteiger partial charge in [0.25, 0.3) is 0 Å². The zero-order valence-electron chi connectivity index (χ0n) is 13.5. The zero-order valence-corrected chi connectivity index (χ0v) is 14.3. The summed E-state index contributed by atoms with van der Waals surface area (Å²) in [5.41, 5.74) is 0.0341. The van der Waals surface area contributed by atoms with Gasteiger partial charge in [0.1, 0.15) is 0 Å². The molecule has 1 aliphatic heterocycles. The molecule has 4 nitrogen and oxygen atoms in total. The molecule has 1 saturated carbocycles. The molecule has 2 rings (SSSR count). The highest BCUT2D eigenvalue weighted by atomic mass is 32.2. The van der Waals surface area contributed by atoms with E-state index in [4.69, 9.17) is 4.74 Å². The minimum absolute atomic E-state index is 0.0341. The highest BCUT2D eigenvalue weighted by Gasteiger charge is 2.36. The van der Waals surface area contributed by atoms with Gasteiger partial charge in [-0.05, 0) is 32.1 Å². The summed E-state index contributed by atoms with van der Waals surface area (Å²) in [5, 5.41) is 3.47. The van der Waals surface area contributed by atoms with Gasteiger partial charge in [0, 0.05) is 37.4 Å². The largest absolute Gasteiger partial charge is 0.383 e. The first-order valence-corrected chi connectivity index (χ1v) is 9.41. The molecule has 1 heterocycles. The predicted molar refractivity (Wildman–Crippen MR) is 88.8 cm³/mol. The molecule has 0 spiro atoms. The maximum absolute atomic E-state index is 12.9. The topological polar surface area (TPSA) is 41.6 Å². The van der Waals surface area contributed by atoms with Crippen LogP contribution in [0.2, 0.25) is 0 Å². The lowest BCUT2D eigenvalue weighted by molar-refractivity contribution is -0.135. The molecule has 0 aromatic carbocycles. The Kier molecular flexibility index (Phi) is 6.83. The van der Waals surface area contributed by atoms with E-state index in [9.17, 15) is 4.79 Å².